The lowest BCUT2D eigenvalue weighted by Crippen LogP contribution is -2.41. The molecule has 1 amide bonds. The highest BCUT2D eigenvalue weighted by molar-refractivity contribution is 6.08. The molecule has 0 bridgehead atoms. The largest absolute Gasteiger partial charge is 0.494 e. The summed E-state index contributed by atoms with van der Waals surface area (Å²) in [5, 5.41) is 11.8. The monoisotopic (exact) mass is 420 g/mol. The first kappa shape index (κ1) is 20.8. The van der Waals surface area contributed by atoms with Gasteiger partial charge in [-0.2, -0.15) is 0 Å². The number of ketones is 1. The van der Waals surface area contributed by atoms with Gasteiger partial charge in [-0.1, -0.05) is 24.3 Å². The fourth-order valence-corrected chi connectivity index (χ4v) is 4.61. The van der Waals surface area contributed by atoms with E-state index in [4.69, 9.17) is 4.74 Å². The summed E-state index contributed by atoms with van der Waals surface area (Å²) < 4.78 is 5.40. The SMILES string of the molecule is CCOc1ccc(N2C(=O)CC(c3ccccc3C)C3=C2CCCC3=O)c([N+](=O)[O-])c1. The Kier molecular flexibility index (Phi) is 5.59. The molecule has 1 atom stereocenters. The Bertz CT molecular complexity index is 1100. The van der Waals surface area contributed by atoms with Crippen LogP contribution in [0.5, 0.6) is 5.75 Å². The Balaban J connectivity index is 1.89. The summed E-state index contributed by atoms with van der Waals surface area (Å²) in [4.78, 5) is 39.1. The van der Waals surface area contributed by atoms with E-state index in [-0.39, 0.29) is 35.4 Å². The molecule has 1 unspecified atom stereocenters. The lowest BCUT2D eigenvalue weighted by molar-refractivity contribution is -0.384. The third-order valence-electron chi connectivity index (χ3n) is 5.93. The summed E-state index contributed by atoms with van der Waals surface area (Å²) in [5.74, 6) is -0.182. The number of hydrogen-bond acceptors (Lipinski definition) is 5. The molecule has 1 aliphatic heterocycles. The predicted octanol–water partition coefficient (Wildman–Crippen LogP) is 4.83. The number of allylic oxidation sites excluding steroid dienone is 2. The molecular formula is C24H24N2O5. The first-order chi connectivity index (χ1) is 14.9. The highest BCUT2D eigenvalue weighted by atomic mass is 16.6. The molecule has 0 N–H and O–H groups in total. The van der Waals surface area contributed by atoms with Crippen molar-refractivity contribution in [3.63, 3.8) is 0 Å². The van der Waals surface area contributed by atoms with Crippen molar-refractivity contribution in [3.8, 4) is 5.75 Å². The molecule has 0 spiro atoms. The highest BCUT2D eigenvalue weighted by Gasteiger charge is 2.41. The van der Waals surface area contributed by atoms with E-state index in [9.17, 15) is 19.7 Å². The van der Waals surface area contributed by atoms with Gasteiger partial charge in [-0.3, -0.25) is 24.6 Å². The molecule has 7 nitrogen and oxygen atoms in total. The zero-order valence-corrected chi connectivity index (χ0v) is 17.6. The normalized spacial score (nSPS) is 18.8. The molecule has 2 aliphatic rings. The van der Waals surface area contributed by atoms with Crippen LogP contribution in [0, 0.1) is 17.0 Å². The van der Waals surface area contributed by atoms with Crippen LogP contribution in [0.3, 0.4) is 0 Å². The van der Waals surface area contributed by atoms with Crippen LogP contribution in [-0.2, 0) is 9.59 Å². The summed E-state index contributed by atoms with van der Waals surface area (Å²) in [6.07, 6.45) is 1.67. The van der Waals surface area contributed by atoms with Crippen LogP contribution in [-0.4, -0.2) is 23.2 Å². The van der Waals surface area contributed by atoms with Crippen LogP contribution in [0.15, 0.2) is 53.7 Å². The topological polar surface area (TPSA) is 89.8 Å². The average Bonchev–Trinajstić information content (AvgIpc) is 2.74. The van der Waals surface area contributed by atoms with Gasteiger partial charge in [0.15, 0.2) is 5.78 Å². The minimum Gasteiger partial charge on any atom is -0.494 e. The van der Waals surface area contributed by atoms with Crippen LogP contribution in [0.2, 0.25) is 0 Å². The van der Waals surface area contributed by atoms with Crippen LogP contribution in [0.1, 0.15) is 49.7 Å². The third kappa shape index (κ3) is 3.71. The Morgan fingerprint density at radius 3 is 2.65 bits per heavy atom. The van der Waals surface area contributed by atoms with Crippen molar-refractivity contribution in [2.45, 2.75) is 45.4 Å². The number of rotatable bonds is 5. The van der Waals surface area contributed by atoms with Gasteiger partial charge in [-0.05, 0) is 49.9 Å². The molecule has 2 aromatic carbocycles. The van der Waals surface area contributed by atoms with E-state index >= 15 is 0 Å². The van der Waals surface area contributed by atoms with E-state index in [1.54, 1.807) is 19.1 Å². The van der Waals surface area contributed by atoms with E-state index in [0.29, 0.717) is 42.9 Å². The predicted molar refractivity (Wildman–Crippen MR) is 116 cm³/mol. The maximum absolute atomic E-state index is 13.4. The maximum Gasteiger partial charge on any atom is 0.297 e. The summed E-state index contributed by atoms with van der Waals surface area (Å²) in [7, 11) is 0. The van der Waals surface area contributed by atoms with Gasteiger partial charge >= 0.3 is 0 Å². The van der Waals surface area contributed by atoms with E-state index in [1.807, 2.05) is 31.2 Å². The molecular weight excluding hydrogens is 396 g/mol. The minimum absolute atomic E-state index is 0.0144. The molecule has 1 aliphatic carbocycles. The zero-order valence-electron chi connectivity index (χ0n) is 17.6. The molecule has 7 heteroatoms. The number of ether oxygens (including phenoxy) is 1. The average molecular weight is 420 g/mol. The molecule has 0 aromatic heterocycles. The molecule has 2 aromatic rings. The Labute approximate surface area is 180 Å². The second-order valence-electron chi connectivity index (χ2n) is 7.82. The summed E-state index contributed by atoms with van der Waals surface area (Å²) >= 11 is 0. The van der Waals surface area contributed by atoms with E-state index < -0.39 is 4.92 Å². The molecule has 0 saturated heterocycles. The molecule has 0 radical (unpaired) electrons. The zero-order chi connectivity index (χ0) is 22.1. The van der Waals surface area contributed by atoms with Crippen LogP contribution >= 0.6 is 0 Å². The van der Waals surface area contributed by atoms with Gasteiger partial charge in [-0.15, -0.1) is 0 Å². The van der Waals surface area contributed by atoms with Crippen molar-refractivity contribution in [1.29, 1.82) is 0 Å². The first-order valence-electron chi connectivity index (χ1n) is 10.5. The molecule has 0 fully saturated rings. The Morgan fingerprint density at radius 2 is 1.94 bits per heavy atom. The summed E-state index contributed by atoms with van der Waals surface area (Å²) in [5.41, 5.74) is 3.16. The number of nitro groups is 1. The number of benzene rings is 2. The van der Waals surface area contributed by atoms with Gasteiger partial charge < -0.3 is 4.74 Å². The standard InChI is InChI=1S/C24H24N2O5/c1-3-31-16-11-12-19(21(13-16)26(29)30)25-20-9-6-10-22(27)24(20)18(14-23(25)28)17-8-5-4-7-15(17)2/h4-5,7-8,11-13,18H,3,6,9-10,14H2,1-2H3. The summed E-state index contributed by atoms with van der Waals surface area (Å²) in [6, 6.07) is 12.3. The maximum atomic E-state index is 13.4. The van der Waals surface area contributed by atoms with Crippen molar-refractivity contribution < 1.29 is 19.2 Å². The van der Waals surface area contributed by atoms with Gasteiger partial charge in [0, 0.05) is 30.0 Å². The van der Waals surface area contributed by atoms with Crippen molar-refractivity contribution in [2.24, 2.45) is 0 Å². The number of nitrogens with zero attached hydrogens (tertiary/aromatic N) is 2. The van der Waals surface area contributed by atoms with E-state index in [1.165, 1.54) is 11.0 Å². The van der Waals surface area contributed by atoms with E-state index in [2.05, 4.69) is 0 Å². The van der Waals surface area contributed by atoms with Crippen LogP contribution in [0.4, 0.5) is 11.4 Å². The number of carbonyl (C=O) groups is 2. The Hall–Kier alpha value is -3.48. The molecule has 160 valence electrons. The number of nitro benzene ring substituents is 1. The van der Waals surface area contributed by atoms with Crippen molar-refractivity contribution in [2.75, 3.05) is 11.5 Å². The summed E-state index contributed by atoms with van der Waals surface area (Å²) in [6.45, 7) is 4.14. The minimum atomic E-state index is -0.510. The van der Waals surface area contributed by atoms with Crippen molar-refractivity contribution >= 4 is 23.1 Å². The highest BCUT2D eigenvalue weighted by Crippen LogP contribution is 2.46. The van der Waals surface area contributed by atoms with Gasteiger partial charge in [0.1, 0.15) is 11.4 Å². The molecule has 0 saturated carbocycles. The smallest absolute Gasteiger partial charge is 0.297 e. The van der Waals surface area contributed by atoms with Gasteiger partial charge in [-0.25, -0.2) is 0 Å². The number of carbonyl (C=O) groups excluding carboxylic acids is 2. The quantitative estimate of drug-likeness (QED) is 0.510. The van der Waals surface area contributed by atoms with Gasteiger partial charge in [0.2, 0.25) is 5.91 Å². The van der Waals surface area contributed by atoms with E-state index in [0.717, 1.165) is 11.1 Å². The van der Waals surface area contributed by atoms with Gasteiger partial charge in [0.05, 0.1) is 17.6 Å². The fraction of sp³-hybridized carbons (Fsp3) is 0.333. The fourth-order valence-electron chi connectivity index (χ4n) is 4.61. The van der Waals surface area contributed by atoms with Crippen LogP contribution < -0.4 is 9.64 Å². The second kappa shape index (κ2) is 8.34. The lowest BCUT2D eigenvalue weighted by atomic mass is 9.76. The first-order valence-corrected chi connectivity index (χ1v) is 10.5. The Morgan fingerprint density at radius 1 is 1.16 bits per heavy atom. The van der Waals surface area contributed by atoms with Crippen molar-refractivity contribution in [3.05, 3.63) is 75.0 Å². The van der Waals surface area contributed by atoms with Crippen molar-refractivity contribution in [1.82, 2.24) is 0 Å². The second-order valence-corrected chi connectivity index (χ2v) is 7.82. The number of aryl methyl sites for hydroxylation is 1. The number of Topliss-reactive ketones (excluding diaryl/α,β-unsaturated/α-hetero) is 1. The molecule has 31 heavy (non-hydrogen) atoms. The number of anilines is 1. The molecule has 1 heterocycles. The molecule has 4 rings (SSSR count). The lowest BCUT2D eigenvalue weighted by Gasteiger charge is -2.38. The number of hydrogen-bond donors (Lipinski definition) is 0. The van der Waals surface area contributed by atoms with Gasteiger partial charge in [0.25, 0.3) is 5.69 Å². The van der Waals surface area contributed by atoms with Crippen LogP contribution in [0.25, 0.3) is 0 Å². The third-order valence-corrected chi connectivity index (χ3v) is 5.93. The number of amides is 1.